The molecular weight excluding hydrogens is 330 g/mol. The van der Waals surface area contributed by atoms with Gasteiger partial charge in [0, 0.05) is 27.6 Å². The van der Waals surface area contributed by atoms with Gasteiger partial charge in [-0.25, -0.2) is 4.98 Å². The van der Waals surface area contributed by atoms with Crippen LogP contribution in [0.2, 0.25) is 0 Å². The summed E-state index contributed by atoms with van der Waals surface area (Å²) in [4.78, 5) is 18.3. The molecule has 1 aliphatic rings. The lowest BCUT2D eigenvalue weighted by atomic mass is 9.94. The Morgan fingerprint density at radius 3 is 2.22 bits per heavy atom. The maximum atomic E-state index is 13.3. The Labute approximate surface area is 158 Å². The highest BCUT2D eigenvalue weighted by atomic mass is 16.1. The Morgan fingerprint density at radius 1 is 0.704 bits per heavy atom. The monoisotopic (exact) mass is 349 g/mol. The van der Waals surface area contributed by atoms with E-state index in [0.717, 1.165) is 50.0 Å². The lowest BCUT2D eigenvalue weighted by Crippen LogP contribution is -1.99. The molecule has 0 saturated carbocycles. The molecule has 0 aliphatic heterocycles. The van der Waals surface area contributed by atoms with Gasteiger partial charge < -0.3 is 0 Å². The van der Waals surface area contributed by atoms with Crippen molar-refractivity contribution in [3.63, 3.8) is 0 Å². The Hall–Kier alpha value is -3.26. The standard InChI is InChI=1S/C25H19NO/c1-14-8-9-18-20(13-14)25(27)23-19-6-4-5-7-21(19)26-24(22(18)23)17-11-15(2)10-16(3)12-17/h4-13H,1-3H3. The van der Waals surface area contributed by atoms with Crippen molar-refractivity contribution in [3.8, 4) is 22.4 Å². The maximum absolute atomic E-state index is 13.3. The number of rotatable bonds is 1. The van der Waals surface area contributed by atoms with Crippen molar-refractivity contribution in [2.24, 2.45) is 0 Å². The molecule has 1 aromatic heterocycles. The smallest absolute Gasteiger partial charge is 0.195 e. The Morgan fingerprint density at radius 2 is 1.44 bits per heavy atom. The average molecular weight is 349 g/mol. The minimum absolute atomic E-state index is 0.105. The fourth-order valence-electron chi connectivity index (χ4n) is 4.23. The molecule has 3 aromatic carbocycles. The van der Waals surface area contributed by atoms with Gasteiger partial charge in [-0.2, -0.15) is 0 Å². The molecular formula is C25H19NO. The molecule has 2 heteroatoms. The summed E-state index contributed by atoms with van der Waals surface area (Å²) in [6.45, 7) is 6.22. The van der Waals surface area contributed by atoms with Gasteiger partial charge in [0.05, 0.1) is 11.2 Å². The van der Waals surface area contributed by atoms with Crippen molar-refractivity contribution in [3.05, 3.63) is 88.5 Å². The zero-order valence-electron chi connectivity index (χ0n) is 15.6. The molecule has 0 fully saturated rings. The average Bonchev–Trinajstić information content (AvgIpc) is 2.93. The summed E-state index contributed by atoms with van der Waals surface area (Å²) in [5.74, 6) is 0.105. The topological polar surface area (TPSA) is 30.0 Å². The van der Waals surface area contributed by atoms with Gasteiger partial charge in [-0.3, -0.25) is 4.79 Å². The molecule has 130 valence electrons. The minimum Gasteiger partial charge on any atom is -0.289 e. The number of benzene rings is 3. The van der Waals surface area contributed by atoms with Crippen LogP contribution in [-0.2, 0) is 0 Å². The first-order valence-corrected chi connectivity index (χ1v) is 9.20. The zero-order chi connectivity index (χ0) is 18.7. The van der Waals surface area contributed by atoms with E-state index in [1.165, 1.54) is 11.1 Å². The van der Waals surface area contributed by atoms with Crippen molar-refractivity contribution in [2.75, 3.05) is 0 Å². The van der Waals surface area contributed by atoms with Crippen LogP contribution in [0.1, 0.15) is 32.6 Å². The van der Waals surface area contributed by atoms with Crippen LogP contribution in [-0.4, -0.2) is 10.8 Å². The van der Waals surface area contributed by atoms with Crippen LogP contribution in [0.15, 0.2) is 60.7 Å². The van der Waals surface area contributed by atoms with E-state index in [0.29, 0.717) is 0 Å². The third-order valence-electron chi connectivity index (χ3n) is 5.30. The van der Waals surface area contributed by atoms with Crippen LogP contribution in [0.4, 0.5) is 0 Å². The second-order valence-electron chi connectivity index (χ2n) is 7.48. The minimum atomic E-state index is 0.105. The maximum Gasteiger partial charge on any atom is 0.195 e. The number of hydrogen-bond donors (Lipinski definition) is 0. The highest BCUT2D eigenvalue weighted by molar-refractivity contribution is 6.28. The predicted octanol–water partition coefficient (Wildman–Crippen LogP) is 6.04. The molecule has 1 aliphatic carbocycles. The van der Waals surface area contributed by atoms with E-state index in [9.17, 15) is 4.79 Å². The van der Waals surface area contributed by atoms with Crippen LogP contribution in [0.3, 0.4) is 0 Å². The Balaban J connectivity index is 1.95. The molecule has 0 radical (unpaired) electrons. The summed E-state index contributed by atoms with van der Waals surface area (Å²) in [5, 5.41) is 0.930. The number of carbonyl (C=O) groups excluding carboxylic acids is 1. The molecule has 1 heterocycles. The summed E-state index contributed by atoms with van der Waals surface area (Å²) in [6.07, 6.45) is 0. The van der Waals surface area contributed by atoms with Crippen molar-refractivity contribution >= 4 is 16.7 Å². The molecule has 2 nitrogen and oxygen atoms in total. The third-order valence-corrected chi connectivity index (χ3v) is 5.30. The van der Waals surface area contributed by atoms with Gasteiger partial charge in [0.1, 0.15) is 0 Å². The van der Waals surface area contributed by atoms with Crippen molar-refractivity contribution in [1.29, 1.82) is 0 Å². The molecule has 0 bridgehead atoms. The number of ketones is 1. The Bertz CT molecular complexity index is 1250. The first-order valence-electron chi connectivity index (χ1n) is 9.20. The highest BCUT2D eigenvalue weighted by Gasteiger charge is 2.32. The van der Waals surface area contributed by atoms with Crippen LogP contribution in [0, 0.1) is 20.8 Å². The number of para-hydroxylation sites is 1. The highest BCUT2D eigenvalue weighted by Crippen LogP contribution is 2.45. The van der Waals surface area contributed by atoms with Gasteiger partial charge in [-0.05, 0) is 50.6 Å². The molecule has 0 amide bonds. The van der Waals surface area contributed by atoms with E-state index in [1.54, 1.807) is 0 Å². The van der Waals surface area contributed by atoms with Crippen molar-refractivity contribution in [2.45, 2.75) is 20.8 Å². The zero-order valence-corrected chi connectivity index (χ0v) is 15.6. The van der Waals surface area contributed by atoms with E-state index >= 15 is 0 Å². The predicted molar refractivity (Wildman–Crippen MR) is 110 cm³/mol. The number of aromatic nitrogens is 1. The van der Waals surface area contributed by atoms with E-state index in [1.807, 2.05) is 37.3 Å². The van der Waals surface area contributed by atoms with Crippen LogP contribution < -0.4 is 0 Å². The fourth-order valence-corrected chi connectivity index (χ4v) is 4.23. The lowest BCUT2D eigenvalue weighted by molar-refractivity contribution is 0.104. The largest absolute Gasteiger partial charge is 0.289 e. The summed E-state index contributed by atoms with van der Waals surface area (Å²) in [6, 6.07) is 20.5. The second kappa shape index (κ2) is 5.62. The Kier molecular flexibility index (Phi) is 3.32. The number of hydrogen-bond acceptors (Lipinski definition) is 2. The molecule has 0 spiro atoms. The van der Waals surface area contributed by atoms with Gasteiger partial charge >= 0.3 is 0 Å². The lowest BCUT2D eigenvalue weighted by Gasteiger charge is -2.13. The van der Waals surface area contributed by atoms with Gasteiger partial charge in [0.2, 0.25) is 0 Å². The first kappa shape index (κ1) is 16.0. The third kappa shape index (κ3) is 2.33. The van der Waals surface area contributed by atoms with E-state index in [4.69, 9.17) is 4.98 Å². The number of aryl methyl sites for hydroxylation is 3. The number of fused-ring (bicyclic) bond motifs is 5. The molecule has 5 rings (SSSR count). The second-order valence-corrected chi connectivity index (χ2v) is 7.48. The van der Waals surface area contributed by atoms with Crippen LogP contribution in [0.5, 0.6) is 0 Å². The van der Waals surface area contributed by atoms with Gasteiger partial charge in [0.25, 0.3) is 0 Å². The fraction of sp³-hybridized carbons (Fsp3) is 0.120. The van der Waals surface area contributed by atoms with Gasteiger partial charge in [-0.1, -0.05) is 53.1 Å². The van der Waals surface area contributed by atoms with E-state index in [-0.39, 0.29) is 5.78 Å². The van der Waals surface area contributed by atoms with Gasteiger partial charge in [-0.15, -0.1) is 0 Å². The number of pyridine rings is 1. The molecule has 4 aromatic rings. The van der Waals surface area contributed by atoms with Crippen LogP contribution in [0.25, 0.3) is 33.3 Å². The summed E-state index contributed by atoms with van der Waals surface area (Å²) in [5.41, 5.74) is 9.85. The molecule has 27 heavy (non-hydrogen) atoms. The SMILES string of the molecule is Cc1cc(C)cc(-c2nc3ccccc3c3c2-c2ccc(C)cc2C3=O)c1. The van der Waals surface area contributed by atoms with Crippen molar-refractivity contribution < 1.29 is 4.79 Å². The molecule has 0 unspecified atom stereocenters. The summed E-state index contributed by atoms with van der Waals surface area (Å²) < 4.78 is 0. The van der Waals surface area contributed by atoms with Gasteiger partial charge in [0.15, 0.2) is 5.78 Å². The first-order chi connectivity index (χ1) is 13.0. The molecule has 0 N–H and O–H groups in total. The number of nitrogens with zero attached hydrogens (tertiary/aromatic N) is 1. The summed E-state index contributed by atoms with van der Waals surface area (Å²) in [7, 11) is 0. The molecule has 0 atom stereocenters. The van der Waals surface area contributed by atoms with E-state index < -0.39 is 0 Å². The quantitative estimate of drug-likeness (QED) is 0.369. The van der Waals surface area contributed by atoms with E-state index in [2.05, 4.69) is 44.2 Å². The normalized spacial score (nSPS) is 12.3. The number of carbonyl (C=O) groups is 1. The van der Waals surface area contributed by atoms with Crippen molar-refractivity contribution in [1.82, 2.24) is 4.98 Å². The summed E-state index contributed by atoms with van der Waals surface area (Å²) >= 11 is 0. The molecule has 0 saturated heterocycles. The van der Waals surface area contributed by atoms with Crippen LogP contribution >= 0.6 is 0 Å².